The highest BCUT2D eigenvalue weighted by atomic mass is 31.2. The topological polar surface area (TPSA) is 148 Å². The molecule has 0 aromatic carbocycles. The summed E-state index contributed by atoms with van der Waals surface area (Å²) in [5.74, 6) is 1.87. The van der Waals surface area contributed by atoms with Crippen molar-refractivity contribution < 1.29 is 32.7 Å². The third-order valence-electron chi connectivity index (χ3n) is 4.65. The second-order valence-electron chi connectivity index (χ2n) is 7.12. The summed E-state index contributed by atoms with van der Waals surface area (Å²) in [6.07, 6.45) is 6.17. The van der Waals surface area contributed by atoms with E-state index in [4.69, 9.17) is 19.9 Å². The van der Waals surface area contributed by atoms with Crippen LogP contribution in [0.3, 0.4) is 0 Å². The predicted octanol–water partition coefficient (Wildman–Crippen LogP) is 1.42. The first-order valence-electron chi connectivity index (χ1n) is 9.37. The monoisotopic (exact) mass is 432 g/mol. The zero-order valence-corrected chi connectivity index (χ0v) is 16.9. The van der Waals surface area contributed by atoms with Crippen LogP contribution in [0, 0.1) is 5.92 Å². The number of nitrogens with two attached hydrogens (primary N) is 1. The van der Waals surface area contributed by atoms with E-state index in [1.807, 2.05) is 12.1 Å². The minimum absolute atomic E-state index is 0.202. The quantitative estimate of drug-likeness (QED) is 0.378. The molecule has 0 aliphatic heterocycles. The highest BCUT2D eigenvalue weighted by molar-refractivity contribution is 7.44. The molecule has 4 rings (SSSR count). The Kier molecular flexibility index (Phi) is 5.83. The lowest BCUT2D eigenvalue weighted by atomic mass is 10.1. The van der Waals surface area contributed by atoms with E-state index in [-0.39, 0.29) is 5.82 Å². The number of aromatic nitrogens is 3. The minimum atomic E-state index is -4.86. The number of phosphoric ester groups is 1. The Bertz CT molecular complexity index is 1080. The smallest absolute Gasteiger partial charge is 0.285 e. The summed E-state index contributed by atoms with van der Waals surface area (Å²) in [6, 6.07) is 8.89. The molecular formula is C19H21N4O6P. The molecule has 0 bridgehead atoms. The Morgan fingerprint density at radius 1 is 1.37 bits per heavy atom. The number of nitrogens with zero attached hydrogens (tertiary/aromatic N) is 3. The van der Waals surface area contributed by atoms with Crippen LogP contribution >= 0.6 is 7.82 Å². The average molecular weight is 432 g/mol. The van der Waals surface area contributed by atoms with Gasteiger partial charge in [0.2, 0.25) is 5.88 Å². The van der Waals surface area contributed by atoms with Crippen LogP contribution in [0.2, 0.25) is 0 Å². The molecule has 11 heteroatoms. The van der Waals surface area contributed by atoms with E-state index in [0.29, 0.717) is 41.8 Å². The van der Waals surface area contributed by atoms with E-state index < -0.39 is 14.6 Å². The van der Waals surface area contributed by atoms with Crippen molar-refractivity contribution in [1.82, 2.24) is 10.1 Å². The Labute approximate surface area is 172 Å². The summed E-state index contributed by atoms with van der Waals surface area (Å²) in [5, 5.41) is 4.09. The predicted molar refractivity (Wildman–Crippen MR) is 103 cm³/mol. The molecule has 10 nitrogen and oxygen atoms in total. The zero-order valence-electron chi connectivity index (χ0n) is 16.0. The largest absolute Gasteiger partial charge is 0.756 e. The zero-order chi connectivity index (χ0) is 21.1. The van der Waals surface area contributed by atoms with Crippen molar-refractivity contribution in [3.63, 3.8) is 0 Å². The Hall–Kier alpha value is -2.78. The summed E-state index contributed by atoms with van der Waals surface area (Å²) in [7, 11) is -4.86. The molecule has 1 unspecified atom stereocenters. The third-order valence-corrected chi connectivity index (χ3v) is 5.09. The number of rotatable bonds is 9. The first-order chi connectivity index (χ1) is 14.4. The minimum Gasteiger partial charge on any atom is -0.756 e. The van der Waals surface area contributed by atoms with Crippen LogP contribution in [-0.4, -0.2) is 21.6 Å². The van der Waals surface area contributed by atoms with Gasteiger partial charge >= 0.3 is 0 Å². The molecule has 3 N–H and O–H groups in total. The molecule has 3 aromatic heterocycles. The van der Waals surface area contributed by atoms with Gasteiger partial charge in [-0.05, 0) is 42.5 Å². The molecule has 1 fully saturated rings. The van der Waals surface area contributed by atoms with Crippen LogP contribution in [0.1, 0.15) is 24.1 Å². The first-order valence-corrected chi connectivity index (χ1v) is 10.9. The molecule has 158 valence electrons. The molecule has 3 heterocycles. The Morgan fingerprint density at radius 3 is 2.97 bits per heavy atom. The lowest BCUT2D eigenvalue weighted by molar-refractivity contribution is -0.712. The highest BCUT2D eigenvalue weighted by Gasteiger charge is 2.22. The standard InChI is InChI=1S/C19H21N4O6P/c20-19-16(2-1-7-23(19)12-28-30(24,25)26)17-10-15(22-29-17)8-14-5-6-21-18(9-14)27-11-13-3-4-13/h1-2,5-7,9-10,13,20H,3-4,8,11-12H2,(H2,24,25,26). The van der Waals surface area contributed by atoms with Gasteiger partial charge in [0.15, 0.2) is 12.5 Å². The van der Waals surface area contributed by atoms with Gasteiger partial charge in [0.25, 0.3) is 13.6 Å². The number of phosphoric acid groups is 1. The van der Waals surface area contributed by atoms with Crippen LogP contribution in [0.25, 0.3) is 11.3 Å². The summed E-state index contributed by atoms with van der Waals surface area (Å²) < 4.78 is 27.7. The van der Waals surface area contributed by atoms with Gasteiger partial charge in [0.1, 0.15) is 5.56 Å². The highest BCUT2D eigenvalue weighted by Crippen LogP contribution is 2.31. The third kappa shape index (κ3) is 5.43. The fraction of sp³-hybridized carbons (Fsp3) is 0.316. The molecular weight excluding hydrogens is 411 g/mol. The first kappa shape index (κ1) is 20.5. The molecule has 0 amide bonds. The van der Waals surface area contributed by atoms with Crippen molar-refractivity contribution in [1.29, 1.82) is 0 Å². The summed E-state index contributed by atoms with van der Waals surface area (Å²) in [4.78, 5) is 23.8. The second kappa shape index (κ2) is 8.53. The van der Waals surface area contributed by atoms with E-state index in [1.54, 1.807) is 24.4 Å². The molecule has 1 aliphatic rings. The van der Waals surface area contributed by atoms with E-state index in [9.17, 15) is 9.46 Å². The SMILES string of the molecule is Nc1c(-c2cc(Cc3ccnc(OCC4CC4)c3)no2)ccc[n+]1COP(=O)([O-])O. The number of anilines is 1. The van der Waals surface area contributed by atoms with Gasteiger partial charge < -0.3 is 19.0 Å². The van der Waals surface area contributed by atoms with Gasteiger partial charge in [-0.15, -0.1) is 0 Å². The van der Waals surface area contributed by atoms with E-state index in [2.05, 4.69) is 14.7 Å². The van der Waals surface area contributed by atoms with Gasteiger partial charge in [-0.2, -0.15) is 0 Å². The van der Waals surface area contributed by atoms with Crippen molar-refractivity contribution in [2.75, 3.05) is 12.3 Å². The number of hydrogen-bond acceptors (Lipinski definition) is 8. The van der Waals surface area contributed by atoms with Crippen molar-refractivity contribution in [2.45, 2.75) is 26.0 Å². The van der Waals surface area contributed by atoms with Crippen LogP contribution in [-0.2, 0) is 22.2 Å². The van der Waals surface area contributed by atoms with Gasteiger partial charge in [-0.25, -0.2) is 9.55 Å². The van der Waals surface area contributed by atoms with Crippen molar-refractivity contribution in [3.8, 4) is 17.2 Å². The molecule has 0 spiro atoms. The lowest BCUT2D eigenvalue weighted by Crippen LogP contribution is -2.38. The number of ether oxygens (including phenoxy) is 1. The normalized spacial score (nSPS) is 15.7. The molecule has 1 aliphatic carbocycles. The summed E-state index contributed by atoms with van der Waals surface area (Å²) >= 11 is 0. The number of nitrogen functional groups attached to an aromatic ring is 1. The van der Waals surface area contributed by atoms with Gasteiger partial charge in [0.05, 0.1) is 18.5 Å². The lowest BCUT2D eigenvalue weighted by Gasteiger charge is -2.14. The summed E-state index contributed by atoms with van der Waals surface area (Å²) in [5.41, 5.74) is 8.27. The van der Waals surface area contributed by atoms with Crippen molar-refractivity contribution in [3.05, 3.63) is 54.0 Å². The molecule has 3 aromatic rings. The maximum Gasteiger partial charge on any atom is 0.285 e. The van der Waals surface area contributed by atoms with E-state index >= 15 is 0 Å². The maximum atomic E-state index is 10.8. The van der Waals surface area contributed by atoms with Gasteiger partial charge in [-0.3, -0.25) is 14.8 Å². The van der Waals surface area contributed by atoms with Gasteiger partial charge in [-0.1, -0.05) is 5.16 Å². The Morgan fingerprint density at radius 2 is 2.20 bits per heavy atom. The fourth-order valence-electron chi connectivity index (χ4n) is 2.88. The van der Waals surface area contributed by atoms with Crippen molar-refractivity contribution >= 4 is 13.6 Å². The van der Waals surface area contributed by atoms with E-state index in [1.165, 1.54) is 23.6 Å². The van der Waals surface area contributed by atoms with Crippen LogP contribution < -0.4 is 19.9 Å². The molecule has 1 saturated carbocycles. The summed E-state index contributed by atoms with van der Waals surface area (Å²) in [6.45, 7) is 0.234. The molecule has 30 heavy (non-hydrogen) atoms. The number of hydrogen-bond donors (Lipinski definition) is 2. The Balaban J connectivity index is 1.46. The second-order valence-corrected chi connectivity index (χ2v) is 8.31. The number of pyridine rings is 2. The van der Waals surface area contributed by atoms with E-state index in [0.717, 1.165) is 5.56 Å². The maximum absolute atomic E-state index is 10.8. The van der Waals surface area contributed by atoms with Crippen LogP contribution in [0.4, 0.5) is 5.82 Å². The molecule has 1 atom stereocenters. The van der Waals surface area contributed by atoms with Crippen LogP contribution in [0.15, 0.2) is 47.2 Å². The molecule has 0 radical (unpaired) electrons. The van der Waals surface area contributed by atoms with Gasteiger partial charge in [0, 0.05) is 24.8 Å². The molecule has 0 saturated heterocycles. The van der Waals surface area contributed by atoms with Crippen LogP contribution in [0.5, 0.6) is 5.88 Å². The average Bonchev–Trinajstić information content (AvgIpc) is 3.43. The van der Waals surface area contributed by atoms with Crippen molar-refractivity contribution in [2.24, 2.45) is 5.92 Å². The fourth-order valence-corrected chi connectivity index (χ4v) is 3.15.